The summed E-state index contributed by atoms with van der Waals surface area (Å²) in [5, 5.41) is 2.84. The molecule has 0 aliphatic carbocycles. The van der Waals surface area contributed by atoms with Crippen LogP contribution in [-0.4, -0.2) is 50.5 Å². The number of amides is 2. The quantitative estimate of drug-likeness (QED) is 0.363. The Labute approximate surface area is 228 Å². The first-order valence-electron chi connectivity index (χ1n) is 12.5. The first-order chi connectivity index (χ1) is 18.5. The van der Waals surface area contributed by atoms with Crippen molar-refractivity contribution in [3.63, 3.8) is 0 Å². The van der Waals surface area contributed by atoms with Crippen molar-refractivity contribution < 1.29 is 26.8 Å². The molecular weight excluding hydrogens is 524 g/mol. The topological polar surface area (TPSA) is 86.8 Å². The lowest BCUT2D eigenvalue weighted by Crippen LogP contribution is -2.53. The number of anilines is 1. The molecule has 2 amide bonds. The zero-order chi connectivity index (χ0) is 28.6. The molecule has 0 unspecified atom stereocenters. The number of sulfonamides is 1. The lowest BCUT2D eigenvalue weighted by atomic mass is 10.0. The van der Waals surface area contributed by atoms with E-state index in [0.29, 0.717) is 10.8 Å². The van der Waals surface area contributed by atoms with E-state index in [1.807, 2.05) is 19.9 Å². The van der Waals surface area contributed by atoms with Crippen LogP contribution in [0.25, 0.3) is 0 Å². The van der Waals surface area contributed by atoms with Gasteiger partial charge in [0.05, 0.1) is 11.9 Å². The van der Waals surface area contributed by atoms with Crippen LogP contribution in [0.5, 0.6) is 0 Å². The molecule has 7 nitrogen and oxygen atoms in total. The maximum Gasteiger partial charge on any atom is 0.244 e. The molecule has 3 aromatic rings. The number of carbonyl (C=O) groups is 2. The summed E-state index contributed by atoms with van der Waals surface area (Å²) in [7, 11) is -4.11. The molecule has 0 bridgehead atoms. The van der Waals surface area contributed by atoms with E-state index in [9.17, 15) is 26.8 Å². The molecule has 0 saturated carbocycles. The Morgan fingerprint density at radius 3 is 2.05 bits per heavy atom. The fraction of sp³-hybridized carbons (Fsp3) is 0.310. The third-order valence-corrected chi connectivity index (χ3v) is 7.18. The molecule has 10 heteroatoms. The Hall–Kier alpha value is -3.79. The van der Waals surface area contributed by atoms with Crippen LogP contribution in [0.3, 0.4) is 0 Å². The van der Waals surface area contributed by atoms with Gasteiger partial charge in [0.1, 0.15) is 24.2 Å². The molecule has 0 saturated heterocycles. The monoisotopic (exact) mass is 557 g/mol. The van der Waals surface area contributed by atoms with Gasteiger partial charge in [-0.1, -0.05) is 74.5 Å². The Morgan fingerprint density at radius 1 is 0.872 bits per heavy atom. The molecular formula is C29H33F2N3O4S. The number of hydrogen-bond acceptors (Lipinski definition) is 4. The Kier molecular flexibility index (Phi) is 10.2. The predicted octanol–water partition coefficient (Wildman–Crippen LogP) is 4.14. The zero-order valence-electron chi connectivity index (χ0n) is 22.2. The second-order valence-corrected chi connectivity index (χ2v) is 11.6. The zero-order valence-corrected chi connectivity index (χ0v) is 23.0. The number of para-hydroxylation sites is 1. The van der Waals surface area contributed by atoms with Gasteiger partial charge in [-0.05, 0) is 29.7 Å². The van der Waals surface area contributed by atoms with E-state index in [-0.39, 0.29) is 30.1 Å². The number of carbonyl (C=O) groups excluding carboxylic acids is 2. The molecule has 208 valence electrons. The van der Waals surface area contributed by atoms with Crippen molar-refractivity contribution in [3.05, 3.63) is 102 Å². The molecule has 0 heterocycles. The Balaban J connectivity index is 2.06. The third kappa shape index (κ3) is 8.35. The van der Waals surface area contributed by atoms with Crippen molar-refractivity contribution in [3.8, 4) is 0 Å². The molecule has 3 rings (SSSR count). The standard InChI is InChI=1S/C29H33F2N3O4S/c1-21(2)18-32-29(36)27(17-22-11-5-4-6-12-22)33(19-23-13-7-8-14-24(23)30)28(35)20-34(39(3,37)38)26-16-10-9-15-25(26)31/h4-16,21,27H,17-20H2,1-3H3,(H,32,36)/t27-/m0/s1. The highest BCUT2D eigenvalue weighted by Gasteiger charge is 2.34. The maximum atomic E-state index is 14.7. The number of benzene rings is 3. The van der Waals surface area contributed by atoms with E-state index < -0.39 is 46.1 Å². The van der Waals surface area contributed by atoms with Gasteiger partial charge in [0.15, 0.2) is 0 Å². The van der Waals surface area contributed by atoms with E-state index >= 15 is 0 Å². The predicted molar refractivity (Wildman–Crippen MR) is 147 cm³/mol. The van der Waals surface area contributed by atoms with Crippen molar-refractivity contribution >= 4 is 27.5 Å². The molecule has 39 heavy (non-hydrogen) atoms. The summed E-state index contributed by atoms with van der Waals surface area (Å²) in [5.41, 5.74) is 0.600. The molecule has 0 spiro atoms. The summed E-state index contributed by atoms with van der Waals surface area (Å²) in [5.74, 6) is -2.53. The smallest absolute Gasteiger partial charge is 0.244 e. The van der Waals surface area contributed by atoms with Gasteiger partial charge in [0, 0.05) is 25.1 Å². The Bertz CT molecular complexity index is 1380. The minimum atomic E-state index is -4.11. The molecule has 0 aliphatic heterocycles. The lowest BCUT2D eigenvalue weighted by molar-refractivity contribution is -0.140. The molecule has 1 atom stereocenters. The summed E-state index contributed by atoms with van der Waals surface area (Å²) in [6, 6.07) is 19.0. The maximum absolute atomic E-state index is 14.7. The highest BCUT2D eigenvalue weighted by Crippen LogP contribution is 2.23. The second-order valence-electron chi connectivity index (χ2n) is 9.68. The molecule has 1 N–H and O–H groups in total. The summed E-state index contributed by atoms with van der Waals surface area (Å²) in [6.45, 7) is 3.11. The first kappa shape index (κ1) is 29.8. The number of rotatable bonds is 12. The second kappa shape index (κ2) is 13.3. The fourth-order valence-electron chi connectivity index (χ4n) is 4.04. The average Bonchev–Trinajstić information content (AvgIpc) is 2.89. The summed E-state index contributed by atoms with van der Waals surface area (Å²) in [4.78, 5) is 28.5. The van der Waals surface area contributed by atoms with Crippen molar-refractivity contribution in [2.45, 2.75) is 32.9 Å². The van der Waals surface area contributed by atoms with E-state index in [2.05, 4.69) is 5.32 Å². The van der Waals surface area contributed by atoms with Crippen LogP contribution < -0.4 is 9.62 Å². The number of nitrogens with zero attached hydrogens (tertiary/aromatic N) is 2. The minimum absolute atomic E-state index is 0.101. The van der Waals surface area contributed by atoms with Crippen LogP contribution in [0.1, 0.15) is 25.0 Å². The van der Waals surface area contributed by atoms with Crippen LogP contribution >= 0.6 is 0 Å². The normalized spacial score (nSPS) is 12.2. The largest absolute Gasteiger partial charge is 0.354 e. The molecule has 0 aliphatic rings. The van der Waals surface area contributed by atoms with Crippen LogP contribution in [0, 0.1) is 17.6 Å². The third-order valence-electron chi connectivity index (χ3n) is 6.05. The van der Waals surface area contributed by atoms with Crippen LogP contribution in [0.15, 0.2) is 78.9 Å². The van der Waals surface area contributed by atoms with Gasteiger partial charge in [-0.15, -0.1) is 0 Å². The van der Waals surface area contributed by atoms with Gasteiger partial charge < -0.3 is 10.2 Å². The Morgan fingerprint density at radius 2 is 1.46 bits per heavy atom. The van der Waals surface area contributed by atoms with Gasteiger partial charge in [0.2, 0.25) is 21.8 Å². The minimum Gasteiger partial charge on any atom is -0.354 e. The first-order valence-corrected chi connectivity index (χ1v) is 14.4. The molecule has 0 aromatic heterocycles. The van der Waals surface area contributed by atoms with Gasteiger partial charge in [0.25, 0.3) is 0 Å². The highest BCUT2D eigenvalue weighted by molar-refractivity contribution is 7.92. The van der Waals surface area contributed by atoms with Crippen molar-refractivity contribution in [2.24, 2.45) is 5.92 Å². The number of hydrogen-bond donors (Lipinski definition) is 1. The highest BCUT2D eigenvalue weighted by atomic mass is 32.2. The van der Waals surface area contributed by atoms with Gasteiger partial charge in [-0.3, -0.25) is 13.9 Å². The van der Waals surface area contributed by atoms with E-state index in [1.54, 1.807) is 30.3 Å². The van der Waals surface area contributed by atoms with Crippen molar-refractivity contribution in [2.75, 3.05) is 23.7 Å². The number of halogens is 2. The van der Waals surface area contributed by atoms with Crippen molar-refractivity contribution in [1.82, 2.24) is 10.2 Å². The molecule has 3 aromatic carbocycles. The summed E-state index contributed by atoms with van der Waals surface area (Å²) >= 11 is 0. The van der Waals surface area contributed by atoms with E-state index in [0.717, 1.165) is 17.9 Å². The van der Waals surface area contributed by atoms with Gasteiger partial charge >= 0.3 is 0 Å². The average molecular weight is 558 g/mol. The lowest BCUT2D eigenvalue weighted by Gasteiger charge is -2.33. The van der Waals surface area contributed by atoms with Gasteiger partial charge in [-0.25, -0.2) is 17.2 Å². The van der Waals surface area contributed by atoms with Crippen LogP contribution in [-0.2, 0) is 32.6 Å². The number of nitrogens with one attached hydrogen (secondary N) is 1. The SMILES string of the molecule is CC(C)CNC(=O)[C@H](Cc1ccccc1)N(Cc1ccccc1F)C(=O)CN(c1ccccc1F)S(C)(=O)=O. The van der Waals surface area contributed by atoms with E-state index in [4.69, 9.17) is 0 Å². The van der Waals surface area contributed by atoms with Gasteiger partial charge in [-0.2, -0.15) is 0 Å². The van der Waals surface area contributed by atoms with Crippen LogP contribution in [0.2, 0.25) is 0 Å². The fourth-order valence-corrected chi connectivity index (χ4v) is 4.89. The van der Waals surface area contributed by atoms with Crippen LogP contribution in [0.4, 0.5) is 14.5 Å². The molecule has 0 radical (unpaired) electrons. The molecule has 0 fully saturated rings. The van der Waals surface area contributed by atoms with Crippen molar-refractivity contribution in [1.29, 1.82) is 0 Å². The summed E-state index contributed by atoms with van der Waals surface area (Å²) < 4.78 is 55.4. The van der Waals surface area contributed by atoms with E-state index in [1.165, 1.54) is 41.3 Å². The summed E-state index contributed by atoms with van der Waals surface area (Å²) in [6.07, 6.45) is 0.967.